The Bertz CT molecular complexity index is 297. The fourth-order valence-corrected chi connectivity index (χ4v) is 2.03. The van der Waals surface area contributed by atoms with Gasteiger partial charge in [0.1, 0.15) is 16.4 Å². The number of rotatable bonds is 1. The molecule has 1 rings (SSSR count). The number of thioether (sulfide) groups is 1. The van der Waals surface area contributed by atoms with Gasteiger partial charge < -0.3 is 4.74 Å². The van der Waals surface area contributed by atoms with Crippen LogP contribution in [0.3, 0.4) is 0 Å². The van der Waals surface area contributed by atoms with Gasteiger partial charge in [-0.3, -0.25) is 4.99 Å². The van der Waals surface area contributed by atoms with Crippen LogP contribution in [0.1, 0.15) is 41.0 Å². The molecule has 0 radical (unpaired) electrons. The molecule has 3 heteroatoms. The molecule has 86 valence electrons. The third-order valence-electron chi connectivity index (χ3n) is 2.01. The lowest BCUT2D eigenvalue weighted by Gasteiger charge is -2.29. The van der Waals surface area contributed by atoms with Crippen LogP contribution in [0, 0.1) is 0 Å². The Labute approximate surface area is 97.2 Å². The second-order valence-electron chi connectivity index (χ2n) is 5.42. The van der Waals surface area contributed by atoms with Gasteiger partial charge in [-0.25, -0.2) is 0 Å². The summed E-state index contributed by atoms with van der Waals surface area (Å²) in [6.07, 6.45) is 5.15. The maximum absolute atomic E-state index is 5.88. The minimum Gasteiger partial charge on any atom is -0.486 e. The molecule has 0 aromatic heterocycles. The van der Waals surface area contributed by atoms with Crippen LogP contribution in [0.5, 0.6) is 0 Å². The predicted molar refractivity (Wildman–Crippen MR) is 68.6 cm³/mol. The minimum absolute atomic E-state index is 0.0170. The van der Waals surface area contributed by atoms with E-state index in [1.807, 2.05) is 6.26 Å². The minimum atomic E-state index is -0.149. The maximum Gasteiger partial charge on any atom is 0.147 e. The molecule has 0 spiro atoms. The van der Waals surface area contributed by atoms with Crippen molar-refractivity contribution in [3.05, 3.63) is 11.8 Å². The summed E-state index contributed by atoms with van der Waals surface area (Å²) in [5, 5.41) is 1.01. The molecule has 1 aliphatic rings. The van der Waals surface area contributed by atoms with Crippen molar-refractivity contribution < 1.29 is 4.74 Å². The lowest BCUT2D eigenvalue weighted by atomic mass is 9.99. The topological polar surface area (TPSA) is 21.6 Å². The highest BCUT2D eigenvalue weighted by atomic mass is 32.2. The SMILES string of the molecule is CSC1=NC(C)(C)CC=C1OC(C)(C)C. The van der Waals surface area contributed by atoms with Crippen molar-refractivity contribution in [1.29, 1.82) is 0 Å². The smallest absolute Gasteiger partial charge is 0.147 e. The summed E-state index contributed by atoms with van der Waals surface area (Å²) >= 11 is 1.65. The zero-order valence-corrected chi connectivity index (χ0v) is 11.4. The fourth-order valence-electron chi connectivity index (χ4n) is 1.37. The first-order chi connectivity index (χ1) is 6.73. The monoisotopic (exact) mass is 227 g/mol. The summed E-state index contributed by atoms with van der Waals surface area (Å²) in [4.78, 5) is 4.68. The fraction of sp³-hybridized carbons (Fsp3) is 0.750. The van der Waals surface area contributed by atoms with E-state index >= 15 is 0 Å². The van der Waals surface area contributed by atoms with Gasteiger partial charge in [-0.15, -0.1) is 11.8 Å². The Hall–Kier alpha value is -0.440. The molecule has 0 saturated carbocycles. The molecule has 0 N–H and O–H groups in total. The largest absolute Gasteiger partial charge is 0.486 e. The molecule has 0 aliphatic carbocycles. The number of nitrogens with zero attached hydrogens (tertiary/aromatic N) is 1. The van der Waals surface area contributed by atoms with Crippen molar-refractivity contribution in [2.24, 2.45) is 4.99 Å². The first-order valence-electron chi connectivity index (χ1n) is 5.27. The predicted octanol–water partition coefficient (Wildman–Crippen LogP) is 3.63. The van der Waals surface area contributed by atoms with Crippen LogP contribution in [-0.4, -0.2) is 22.4 Å². The zero-order valence-electron chi connectivity index (χ0n) is 10.5. The molecule has 0 saturated heterocycles. The Kier molecular flexibility index (Phi) is 3.54. The molecule has 0 unspecified atom stereocenters. The summed E-state index contributed by atoms with van der Waals surface area (Å²) in [6.45, 7) is 10.5. The number of aliphatic imine (C=N–C) groups is 1. The number of ether oxygens (including phenoxy) is 1. The van der Waals surface area contributed by atoms with E-state index in [4.69, 9.17) is 4.74 Å². The molecule has 0 aromatic carbocycles. The van der Waals surface area contributed by atoms with Crippen LogP contribution in [0.2, 0.25) is 0 Å². The van der Waals surface area contributed by atoms with Crippen molar-refractivity contribution in [2.75, 3.05) is 6.26 Å². The Morgan fingerprint density at radius 1 is 1.40 bits per heavy atom. The standard InChI is InChI=1S/C12H21NOS/c1-11(2,3)14-9-7-8-12(4,5)13-10(9)15-6/h7H,8H2,1-6H3. The molecule has 0 bridgehead atoms. The van der Waals surface area contributed by atoms with Crippen LogP contribution < -0.4 is 0 Å². The molecule has 1 heterocycles. The molecule has 0 amide bonds. The normalized spacial score (nSPS) is 20.7. The van der Waals surface area contributed by atoms with Gasteiger partial charge in [-0.05, 0) is 53.4 Å². The molecule has 2 nitrogen and oxygen atoms in total. The first-order valence-corrected chi connectivity index (χ1v) is 6.49. The van der Waals surface area contributed by atoms with Gasteiger partial charge in [-0.2, -0.15) is 0 Å². The van der Waals surface area contributed by atoms with E-state index in [1.54, 1.807) is 11.8 Å². The summed E-state index contributed by atoms with van der Waals surface area (Å²) in [5.41, 5.74) is -0.132. The van der Waals surface area contributed by atoms with Crippen LogP contribution in [0.4, 0.5) is 0 Å². The van der Waals surface area contributed by atoms with Gasteiger partial charge in [0.2, 0.25) is 0 Å². The van der Waals surface area contributed by atoms with E-state index in [-0.39, 0.29) is 11.1 Å². The Morgan fingerprint density at radius 3 is 2.47 bits per heavy atom. The van der Waals surface area contributed by atoms with Crippen molar-refractivity contribution in [2.45, 2.75) is 52.2 Å². The molecule has 15 heavy (non-hydrogen) atoms. The maximum atomic E-state index is 5.88. The lowest BCUT2D eigenvalue weighted by molar-refractivity contribution is 0.0631. The molecule has 0 aromatic rings. The lowest BCUT2D eigenvalue weighted by Crippen LogP contribution is -2.27. The highest BCUT2D eigenvalue weighted by Crippen LogP contribution is 2.29. The van der Waals surface area contributed by atoms with E-state index in [2.05, 4.69) is 45.7 Å². The average molecular weight is 227 g/mol. The van der Waals surface area contributed by atoms with Gasteiger partial charge in [0.15, 0.2) is 0 Å². The van der Waals surface area contributed by atoms with Gasteiger partial charge in [-0.1, -0.05) is 0 Å². The van der Waals surface area contributed by atoms with Gasteiger partial charge in [0.25, 0.3) is 0 Å². The highest BCUT2D eigenvalue weighted by molar-refractivity contribution is 8.13. The number of hydrogen-bond acceptors (Lipinski definition) is 3. The van der Waals surface area contributed by atoms with Crippen LogP contribution in [-0.2, 0) is 4.74 Å². The molecular weight excluding hydrogens is 206 g/mol. The summed E-state index contributed by atoms with van der Waals surface area (Å²) in [6, 6.07) is 0. The van der Waals surface area contributed by atoms with Crippen molar-refractivity contribution in [1.82, 2.24) is 0 Å². The Balaban J connectivity index is 2.84. The Morgan fingerprint density at radius 2 is 2.00 bits per heavy atom. The summed E-state index contributed by atoms with van der Waals surface area (Å²) < 4.78 is 5.88. The second-order valence-corrected chi connectivity index (χ2v) is 6.22. The summed E-state index contributed by atoms with van der Waals surface area (Å²) in [7, 11) is 0. The van der Waals surface area contributed by atoms with E-state index in [0.717, 1.165) is 17.2 Å². The van der Waals surface area contributed by atoms with Gasteiger partial charge in [0, 0.05) is 0 Å². The van der Waals surface area contributed by atoms with Crippen molar-refractivity contribution in [3.63, 3.8) is 0 Å². The average Bonchev–Trinajstić information content (AvgIpc) is 2.05. The summed E-state index contributed by atoms with van der Waals surface area (Å²) in [5.74, 6) is 0.939. The third kappa shape index (κ3) is 3.90. The quantitative estimate of drug-likeness (QED) is 0.682. The van der Waals surface area contributed by atoms with Gasteiger partial charge in [0.05, 0.1) is 5.54 Å². The van der Waals surface area contributed by atoms with Gasteiger partial charge >= 0.3 is 0 Å². The van der Waals surface area contributed by atoms with E-state index < -0.39 is 0 Å². The van der Waals surface area contributed by atoms with Crippen LogP contribution >= 0.6 is 11.8 Å². The van der Waals surface area contributed by atoms with E-state index in [0.29, 0.717) is 0 Å². The first kappa shape index (κ1) is 12.6. The van der Waals surface area contributed by atoms with Crippen LogP contribution in [0.15, 0.2) is 16.8 Å². The third-order valence-corrected chi connectivity index (χ3v) is 2.69. The van der Waals surface area contributed by atoms with Crippen LogP contribution in [0.25, 0.3) is 0 Å². The van der Waals surface area contributed by atoms with Crippen molar-refractivity contribution >= 4 is 16.8 Å². The second kappa shape index (κ2) is 4.20. The number of dihydropyridines is 1. The molecular formula is C12H21NOS. The van der Waals surface area contributed by atoms with E-state index in [9.17, 15) is 0 Å². The number of hydrogen-bond donors (Lipinski definition) is 0. The van der Waals surface area contributed by atoms with E-state index in [1.165, 1.54) is 0 Å². The molecule has 0 fully saturated rings. The van der Waals surface area contributed by atoms with Crippen molar-refractivity contribution in [3.8, 4) is 0 Å². The highest BCUT2D eigenvalue weighted by Gasteiger charge is 2.26. The zero-order chi connectivity index (χ0) is 11.7. The molecule has 1 aliphatic heterocycles. The molecule has 0 atom stereocenters.